The van der Waals surface area contributed by atoms with Crippen LogP contribution in [-0.2, 0) is 0 Å². The van der Waals surface area contributed by atoms with Crippen LogP contribution in [0.4, 0.5) is 0 Å². The lowest BCUT2D eigenvalue weighted by Gasteiger charge is -1.75. The Kier molecular flexibility index (Phi) is 5.41. The molecular formula is C4H6IN. The van der Waals surface area contributed by atoms with Crippen molar-refractivity contribution in [2.45, 2.75) is 12.8 Å². The molecule has 0 saturated carbocycles. The molecule has 0 fully saturated rings. The van der Waals surface area contributed by atoms with Gasteiger partial charge in [0.05, 0.1) is 6.07 Å². The number of hydrogen-bond acceptors (Lipinski definition) is 1. The van der Waals surface area contributed by atoms with Gasteiger partial charge < -0.3 is 0 Å². The Morgan fingerprint density at radius 3 is 2.50 bits per heavy atom. The van der Waals surface area contributed by atoms with Crippen molar-refractivity contribution in [2.24, 2.45) is 0 Å². The molecule has 0 bridgehead atoms. The van der Waals surface area contributed by atoms with Crippen LogP contribution in [0.1, 0.15) is 12.8 Å². The number of nitrogens with zero attached hydrogens (tertiary/aromatic N) is 1. The van der Waals surface area contributed by atoms with E-state index in [2.05, 4.69) is 28.7 Å². The van der Waals surface area contributed by atoms with Crippen LogP contribution in [0.25, 0.3) is 0 Å². The fourth-order valence-electron chi connectivity index (χ4n) is 0.146. The molecule has 0 unspecified atom stereocenters. The van der Waals surface area contributed by atoms with E-state index in [1.165, 1.54) is 0 Å². The summed E-state index contributed by atoms with van der Waals surface area (Å²) >= 11 is 2.26. The van der Waals surface area contributed by atoms with Crippen LogP contribution in [0.2, 0.25) is 0 Å². The van der Waals surface area contributed by atoms with E-state index in [9.17, 15) is 0 Å². The van der Waals surface area contributed by atoms with Crippen LogP contribution in [0.5, 0.6) is 0 Å². The highest BCUT2D eigenvalue weighted by atomic mass is 127. The van der Waals surface area contributed by atoms with Crippen molar-refractivity contribution in [2.75, 3.05) is 4.43 Å². The second kappa shape index (κ2) is 5.22. The van der Waals surface area contributed by atoms with Gasteiger partial charge in [-0.3, -0.25) is 0 Å². The van der Waals surface area contributed by atoms with E-state index < -0.39 is 0 Å². The molecule has 2 heteroatoms. The van der Waals surface area contributed by atoms with Gasteiger partial charge in [0.2, 0.25) is 0 Å². The lowest BCUT2D eigenvalue weighted by Crippen LogP contribution is -1.67. The highest BCUT2D eigenvalue weighted by Crippen LogP contribution is 1.90. The Hall–Kier alpha value is 0.220. The highest BCUT2D eigenvalue weighted by molar-refractivity contribution is 14.1. The third-order valence-corrected chi connectivity index (χ3v) is 1.19. The second-order valence-corrected chi connectivity index (χ2v) is 2.03. The molecule has 0 N–H and O–H groups in total. The minimum atomic E-state index is 0.711. The number of nitriles is 1. The summed E-state index contributed by atoms with van der Waals surface area (Å²) in [5, 5.41) is 7.94. The summed E-state index contributed by atoms with van der Waals surface area (Å²) in [7, 11) is 0. The van der Waals surface area contributed by atoms with E-state index >= 15 is 0 Å². The van der Waals surface area contributed by atoms with Crippen LogP contribution < -0.4 is 0 Å². The molecule has 0 rings (SSSR count). The Balaban J connectivity index is 2.54. The smallest absolute Gasteiger partial charge is 0.0622 e. The summed E-state index contributed by atoms with van der Waals surface area (Å²) in [5.74, 6) is 0. The number of hydrogen-bond donors (Lipinski definition) is 0. The van der Waals surface area contributed by atoms with Crippen molar-refractivity contribution < 1.29 is 0 Å². The molecule has 0 aromatic rings. The first kappa shape index (κ1) is 6.22. The van der Waals surface area contributed by atoms with E-state index in [0.717, 1.165) is 10.8 Å². The first-order valence-corrected chi connectivity index (χ1v) is 3.37. The molecule has 0 aromatic heterocycles. The zero-order valence-corrected chi connectivity index (χ0v) is 5.60. The van der Waals surface area contributed by atoms with Gasteiger partial charge in [0.25, 0.3) is 0 Å². The predicted molar refractivity (Wildman–Crippen MR) is 33.7 cm³/mol. The third kappa shape index (κ3) is 4.22. The molecule has 0 amide bonds. The Morgan fingerprint density at radius 1 is 1.67 bits per heavy atom. The third-order valence-electron chi connectivity index (χ3n) is 0.422. The fraction of sp³-hybridized carbons (Fsp3) is 0.750. The van der Waals surface area contributed by atoms with E-state index in [-0.39, 0.29) is 0 Å². The lowest BCUT2D eigenvalue weighted by atomic mass is 10.4. The maximum absolute atomic E-state index is 7.94. The molecule has 1 nitrogen and oxygen atoms in total. The van der Waals surface area contributed by atoms with Gasteiger partial charge in [-0.25, -0.2) is 0 Å². The summed E-state index contributed by atoms with van der Waals surface area (Å²) in [5.41, 5.74) is 0. The maximum atomic E-state index is 7.94. The summed E-state index contributed by atoms with van der Waals surface area (Å²) in [4.78, 5) is 0. The zero-order valence-electron chi connectivity index (χ0n) is 3.45. The topological polar surface area (TPSA) is 23.8 Å². The van der Waals surface area contributed by atoms with E-state index in [1.807, 2.05) is 0 Å². The van der Waals surface area contributed by atoms with E-state index in [1.54, 1.807) is 0 Å². The van der Waals surface area contributed by atoms with Crippen LogP contribution in [0, 0.1) is 11.3 Å². The standard InChI is InChI=1S/C4H6IN/c5-3-1-2-4-6/h1-3H2. The SMILES string of the molecule is N#CCCCI. The first-order valence-electron chi connectivity index (χ1n) is 1.84. The molecule has 0 aliphatic rings. The van der Waals surface area contributed by atoms with Crippen molar-refractivity contribution in [3.8, 4) is 6.07 Å². The van der Waals surface area contributed by atoms with Gasteiger partial charge in [-0.1, -0.05) is 22.6 Å². The monoisotopic (exact) mass is 195 g/mol. The van der Waals surface area contributed by atoms with Crippen molar-refractivity contribution in [3.63, 3.8) is 0 Å². The average Bonchev–Trinajstić information content (AvgIpc) is 1.61. The van der Waals surface area contributed by atoms with Crippen molar-refractivity contribution >= 4 is 22.6 Å². The Bertz CT molecular complexity index is 55.1. The van der Waals surface area contributed by atoms with Gasteiger partial charge in [0.1, 0.15) is 0 Å². The molecule has 0 aliphatic carbocycles. The quantitative estimate of drug-likeness (QED) is 0.374. The first-order chi connectivity index (χ1) is 2.91. The van der Waals surface area contributed by atoms with Crippen LogP contribution in [0.3, 0.4) is 0 Å². The van der Waals surface area contributed by atoms with Crippen molar-refractivity contribution in [1.29, 1.82) is 5.26 Å². The van der Waals surface area contributed by atoms with Gasteiger partial charge in [-0.05, 0) is 6.42 Å². The number of alkyl halides is 1. The molecule has 0 aliphatic heterocycles. The molecular weight excluding hydrogens is 189 g/mol. The summed E-state index contributed by atoms with van der Waals surface area (Å²) < 4.78 is 1.10. The average molecular weight is 195 g/mol. The van der Waals surface area contributed by atoms with Crippen molar-refractivity contribution in [3.05, 3.63) is 0 Å². The molecule has 0 spiro atoms. The zero-order chi connectivity index (χ0) is 4.83. The molecule has 0 aromatic carbocycles. The minimum absolute atomic E-state index is 0.711. The van der Waals surface area contributed by atoms with Gasteiger partial charge in [-0.15, -0.1) is 0 Å². The molecule has 0 saturated heterocycles. The molecule has 0 atom stereocenters. The fourth-order valence-corrected chi connectivity index (χ4v) is 0.527. The molecule has 6 heavy (non-hydrogen) atoms. The summed E-state index contributed by atoms with van der Waals surface area (Å²) in [6.07, 6.45) is 1.75. The van der Waals surface area contributed by atoms with Crippen LogP contribution in [-0.4, -0.2) is 4.43 Å². The lowest BCUT2D eigenvalue weighted by molar-refractivity contribution is 0.997. The van der Waals surface area contributed by atoms with E-state index in [4.69, 9.17) is 5.26 Å². The predicted octanol–water partition coefficient (Wildman–Crippen LogP) is 1.73. The summed E-state index contributed by atoms with van der Waals surface area (Å²) in [6.45, 7) is 0. The maximum Gasteiger partial charge on any atom is 0.0622 e. The number of unbranched alkanes of at least 4 members (excludes halogenated alkanes) is 1. The number of halogens is 1. The normalized spacial score (nSPS) is 7.33. The van der Waals surface area contributed by atoms with Gasteiger partial charge in [-0.2, -0.15) is 5.26 Å². The molecule has 34 valence electrons. The van der Waals surface area contributed by atoms with Crippen LogP contribution in [0.15, 0.2) is 0 Å². The minimum Gasteiger partial charge on any atom is -0.198 e. The number of rotatable bonds is 2. The Morgan fingerprint density at radius 2 is 2.33 bits per heavy atom. The largest absolute Gasteiger partial charge is 0.198 e. The molecule has 0 radical (unpaired) electrons. The van der Waals surface area contributed by atoms with E-state index in [0.29, 0.717) is 6.42 Å². The van der Waals surface area contributed by atoms with Crippen molar-refractivity contribution in [1.82, 2.24) is 0 Å². The summed E-state index contributed by atoms with van der Waals surface area (Å²) in [6, 6.07) is 2.06. The van der Waals surface area contributed by atoms with Crippen LogP contribution >= 0.6 is 22.6 Å². The molecule has 0 heterocycles. The highest BCUT2D eigenvalue weighted by Gasteiger charge is 1.75. The van der Waals surface area contributed by atoms with Gasteiger partial charge in [0.15, 0.2) is 0 Å². The van der Waals surface area contributed by atoms with Gasteiger partial charge in [0, 0.05) is 10.8 Å². The Labute approximate surface area is 51.5 Å². The van der Waals surface area contributed by atoms with Gasteiger partial charge >= 0.3 is 0 Å². The second-order valence-electron chi connectivity index (χ2n) is 0.951.